The van der Waals surface area contributed by atoms with Crippen molar-refractivity contribution < 1.29 is 4.79 Å². The summed E-state index contributed by atoms with van der Waals surface area (Å²) in [6, 6.07) is 5.82. The minimum Gasteiger partial charge on any atom is -0.277 e. The highest BCUT2D eigenvalue weighted by atomic mass is 16.1. The monoisotopic (exact) mass is 201 g/mol. The van der Waals surface area contributed by atoms with Crippen LogP contribution in [0.25, 0.3) is 10.9 Å². The van der Waals surface area contributed by atoms with Gasteiger partial charge in [0, 0.05) is 10.9 Å². The fourth-order valence-electron chi connectivity index (χ4n) is 1.65. The largest absolute Gasteiger partial charge is 0.277 e. The van der Waals surface area contributed by atoms with Crippen LogP contribution in [0.15, 0.2) is 29.4 Å². The topological polar surface area (TPSA) is 58.1 Å². The van der Waals surface area contributed by atoms with Gasteiger partial charge in [-0.25, -0.2) is 4.79 Å². The van der Waals surface area contributed by atoms with Crippen LogP contribution >= 0.6 is 0 Å². The lowest BCUT2D eigenvalue weighted by molar-refractivity contribution is 0.525. The molecule has 0 fully saturated rings. The van der Waals surface area contributed by atoms with E-state index in [-0.39, 0.29) is 0 Å². The zero-order valence-corrected chi connectivity index (χ0v) is 8.61. The molecule has 0 aliphatic rings. The zero-order valence-electron chi connectivity index (χ0n) is 8.61. The van der Waals surface area contributed by atoms with E-state index in [0.717, 1.165) is 16.5 Å². The number of aromatic nitrogens is 2. The number of para-hydroxylation sites is 1. The second kappa shape index (κ2) is 3.33. The van der Waals surface area contributed by atoms with Crippen molar-refractivity contribution >= 4 is 17.0 Å². The van der Waals surface area contributed by atoms with Crippen LogP contribution in [0.5, 0.6) is 0 Å². The predicted octanol–water partition coefficient (Wildman–Crippen LogP) is 2.13. The van der Waals surface area contributed by atoms with Gasteiger partial charge in [0.05, 0.1) is 17.3 Å². The third-order valence-corrected chi connectivity index (χ3v) is 2.46. The molecule has 2 aromatic rings. The minimum absolute atomic E-state index is 0.576. The van der Waals surface area contributed by atoms with E-state index in [1.54, 1.807) is 12.3 Å². The van der Waals surface area contributed by atoms with E-state index in [4.69, 9.17) is 0 Å². The van der Waals surface area contributed by atoms with Crippen molar-refractivity contribution in [2.24, 2.45) is 4.99 Å². The second-order valence-corrected chi connectivity index (χ2v) is 3.90. The van der Waals surface area contributed by atoms with Crippen molar-refractivity contribution in [3.63, 3.8) is 0 Å². The summed E-state index contributed by atoms with van der Waals surface area (Å²) < 4.78 is 0. The molecule has 1 aromatic heterocycles. The van der Waals surface area contributed by atoms with E-state index < -0.39 is 5.54 Å². The molecule has 76 valence electrons. The Hall–Kier alpha value is -1.93. The van der Waals surface area contributed by atoms with Crippen LogP contribution in [-0.4, -0.2) is 16.3 Å². The van der Waals surface area contributed by atoms with Crippen molar-refractivity contribution in [3.8, 4) is 0 Å². The Morgan fingerprint density at radius 3 is 3.00 bits per heavy atom. The number of isocyanates is 1. The van der Waals surface area contributed by atoms with E-state index >= 15 is 0 Å². The Kier molecular flexibility index (Phi) is 2.14. The molecule has 2 rings (SSSR count). The molecule has 0 saturated heterocycles. The van der Waals surface area contributed by atoms with Crippen LogP contribution < -0.4 is 0 Å². The van der Waals surface area contributed by atoms with Crippen molar-refractivity contribution in [2.45, 2.75) is 19.4 Å². The molecular formula is C11H11N3O. The number of aromatic amines is 1. The van der Waals surface area contributed by atoms with Gasteiger partial charge in [-0.3, -0.25) is 5.10 Å². The Balaban J connectivity index is 2.70. The number of aliphatic imine (C=N–C) groups is 1. The Labute approximate surface area is 87.0 Å². The highest BCUT2D eigenvalue weighted by Crippen LogP contribution is 2.29. The quantitative estimate of drug-likeness (QED) is 0.597. The lowest BCUT2D eigenvalue weighted by Crippen LogP contribution is -2.13. The maximum atomic E-state index is 10.4. The first-order valence-electron chi connectivity index (χ1n) is 4.67. The standard InChI is InChI=1S/C11H11N3O/c1-11(2,12-7-15)9-5-3-4-8-6-13-14-10(8)9/h3-6H,1-2H3,(H,13,14). The van der Waals surface area contributed by atoms with Crippen molar-refractivity contribution in [1.29, 1.82) is 0 Å². The van der Waals surface area contributed by atoms with Gasteiger partial charge in [-0.15, -0.1) is 0 Å². The van der Waals surface area contributed by atoms with Crippen molar-refractivity contribution in [2.75, 3.05) is 0 Å². The smallest absolute Gasteiger partial charge is 0.235 e. The summed E-state index contributed by atoms with van der Waals surface area (Å²) in [6.07, 6.45) is 3.35. The minimum atomic E-state index is -0.576. The molecule has 4 heteroatoms. The summed E-state index contributed by atoms with van der Waals surface area (Å²) in [4.78, 5) is 14.2. The van der Waals surface area contributed by atoms with Crippen LogP contribution in [0.4, 0.5) is 0 Å². The maximum Gasteiger partial charge on any atom is 0.235 e. The third kappa shape index (κ3) is 1.55. The number of nitrogens with one attached hydrogen (secondary N) is 1. The molecule has 0 atom stereocenters. The Morgan fingerprint density at radius 2 is 2.27 bits per heavy atom. The molecule has 0 bridgehead atoms. The average molecular weight is 201 g/mol. The molecule has 0 radical (unpaired) electrons. The van der Waals surface area contributed by atoms with Crippen LogP contribution in [0.2, 0.25) is 0 Å². The van der Waals surface area contributed by atoms with Gasteiger partial charge in [-0.2, -0.15) is 10.1 Å². The SMILES string of the molecule is CC(C)(N=C=O)c1cccc2cn[nH]c12. The van der Waals surface area contributed by atoms with Gasteiger partial charge in [-0.1, -0.05) is 18.2 Å². The summed E-state index contributed by atoms with van der Waals surface area (Å²) in [5, 5.41) is 7.90. The van der Waals surface area contributed by atoms with Gasteiger partial charge >= 0.3 is 0 Å². The van der Waals surface area contributed by atoms with Gasteiger partial charge in [0.15, 0.2) is 0 Å². The zero-order chi connectivity index (χ0) is 10.9. The number of fused-ring (bicyclic) bond motifs is 1. The van der Waals surface area contributed by atoms with E-state index in [1.165, 1.54) is 0 Å². The number of carbonyl (C=O) groups excluding carboxylic acids is 1. The summed E-state index contributed by atoms with van der Waals surface area (Å²) in [5.41, 5.74) is 1.29. The van der Waals surface area contributed by atoms with Gasteiger partial charge in [0.2, 0.25) is 6.08 Å². The molecule has 0 amide bonds. The number of H-pyrrole nitrogens is 1. The van der Waals surface area contributed by atoms with Gasteiger partial charge in [-0.05, 0) is 13.8 Å². The first-order chi connectivity index (χ1) is 7.15. The summed E-state index contributed by atoms with van der Waals surface area (Å²) in [5.74, 6) is 0. The second-order valence-electron chi connectivity index (χ2n) is 3.90. The molecule has 0 spiro atoms. The highest BCUT2D eigenvalue weighted by Gasteiger charge is 2.22. The maximum absolute atomic E-state index is 10.4. The van der Waals surface area contributed by atoms with E-state index in [0.29, 0.717) is 0 Å². The molecule has 1 N–H and O–H groups in total. The first kappa shape index (κ1) is 9.62. The van der Waals surface area contributed by atoms with Crippen molar-refractivity contribution in [3.05, 3.63) is 30.0 Å². The number of rotatable bonds is 2. The fourth-order valence-corrected chi connectivity index (χ4v) is 1.65. The summed E-state index contributed by atoms with van der Waals surface area (Å²) in [6.45, 7) is 3.74. The lowest BCUT2D eigenvalue weighted by Gasteiger charge is -2.18. The van der Waals surface area contributed by atoms with Crippen LogP contribution in [-0.2, 0) is 10.3 Å². The Morgan fingerprint density at radius 1 is 1.47 bits per heavy atom. The number of nitrogens with zero attached hydrogens (tertiary/aromatic N) is 2. The molecule has 15 heavy (non-hydrogen) atoms. The fraction of sp³-hybridized carbons (Fsp3) is 0.273. The summed E-state index contributed by atoms with van der Waals surface area (Å²) in [7, 11) is 0. The number of hydrogen-bond acceptors (Lipinski definition) is 3. The summed E-state index contributed by atoms with van der Waals surface area (Å²) >= 11 is 0. The molecule has 0 saturated carbocycles. The molecule has 1 heterocycles. The first-order valence-corrected chi connectivity index (χ1v) is 4.67. The van der Waals surface area contributed by atoms with Crippen LogP contribution in [0, 0.1) is 0 Å². The van der Waals surface area contributed by atoms with E-state index in [9.17, 15) is 4.79 Å². The molecular weight excluding hydrogens is 190 g/mol. The lowest BCUT2D eigenvalue weighted by atomic mass is 9.93. The Bertz CT molecular complexity index is 536. The van der Waals surface area contributed by atoms with Crippen LogP contribution in [0.1, 0.15) is 19.4 Å². The number of hydrogen-bond donors (Lipinski definition) is 1. The normalized spacial score (nSPS) is 11.3. The van der Waals surface area contributed by atoms with E-state index in [1.807, 2.05) is 32.0 Å². The van der Waals surface area contributed by atoms with Crippen molar-refractivity contribution in [1.82, 2.24) is 10.2 Å². The molecule has 0 unspecified atom stereocenters. The molecule has 0 aliphatic heterocycles. The third-order valence-electron chi connectivity index (χ3n) is 2.46. The highest BCUT2D eigenvalue weighted by molar-refractivity contribution is 5.82. The predicted molar refractivity (Wildman–Crippen MR) is 57.2 cm³/mol. The molecule has 4 nitrogen and oxygen atoms in total. The average Bonchev–Trinajstić information content (AvgIpc) is 2.64. The van der Waals surface area contributed by atoms with Gasteiger partial charge in [0.25, 0.3) is 0 Å². The van der Waals surface area contributed by atoms with E-state index in [2.05, 4.69) is 15.2 Å². The molecule has 0 aliphatic carbocycles. The van der Waals surface area contributed by atoms with Crippen LogP contribution in [0.3, 0.4) is 0 Å². The van der Waals surface area contributed by atoms with Gasteiger partial charge < -0.3 is 0 Å². The molecule has 1 aromatic carbocycles. The number of benzene rings is 1. The van der Waals surface area contributed by atoms with Gasteiger partial charge in [0.1, 0.15) is 0 Å².